The molecule has 0 bridgehead atoms. The predicted molar refractivity (Wildman–Crippen MR) is 65.0 cm³/mol. The molecule has 1 radical (unpaired) electrons. The molecule has 0 heterocycles. The summed E-state index contributed by atoms with van der Waals surface area (Å²) in [6, 6.07) is 15.5. The molecule has 0 aliphatic heterocycles. The summed E-state index contributed by atoms with van der Waals surface area (Å²) < 4.78 is 13.5. The third-order valence-electron chi connectivity index (χ3n) is 2.48. The van der Waals surface area contributed by atoms with Crippen LogP contribution in [0.2, 0.25) is 0 Å². The van der Waals surface area contributed by atoms with E-state index in [-0.39, 0.29) is 5.82 Å². The minimum absolute atomic E-state index is 0.307. The van der Waals surface area contributed by atoms with E-state index in [2.05, 4.69) is 6.07 Å². The van der Waals surface area contributed by atoms with Gasteiger partial charge in [0, 0.05) is 31.4 Å². The average molecular weight is 214 g/mol. The normalized spacial score (nSPS) is 10.2. The van der Waals surface area contributed by atoms with E-state index in [9.17, 15) is 4.39 Å². The smallest absolute Gasteiger partial charge is 0.138 e. The Bertz CT molecular complexity index is 492. The molecule has 81 valence electrons. The van der Waals surface area contributed by atoms with Gasteiger partial charge in [0.25, 0.3) is 0 Å². The molecule has 2 heteroatoms. The highest BCUT2D eigenvalue weighted by Gasteiger charge is 2.05. The van der Waals surface area contributed by atoms with Crippen molar-refractivity contribution in [3.8, 4) is 11.1 Å². The first-order valence-corrected chi connectivity index (χ1v) is 5.12. The van der Waals surface area contributed by atoms with Crippen LogP contribution in [0.4, 0.5) is 10.1 Å². The molecule has 2 aromatic rings. The van der Waals surface area contributed by atoms with Crippen LogP contribution in [0.3, 0.4) is 0 Å². The van der Waals surface area contributed by atoms with Crippen molar-refractivity contribution in [2.24, 2.45) is 0 Å². The molecule has 0 aromatic heterocycles. The minimum atomic E-state index is -0.307. The fourth-order valence-corrected chi connectivity index (χ4v) is 1.59. The lowest BCUT2D eigenvalue weighted by atomic mass is 10.0. The van der Waals surface area contributed by atoms with E-state index >= 15 is 0 Å². The first-order valence-electron chi connectivity index (χ1n) is 5.12. The Morgan fingerprint density at radius 2 is 1.94 bits per heavy atom. The van der Waals surface area contributed by atoms with Gasteiger partial charge in [0.2, 0.25) is 0 Å². The van der Waals surface area contributed by atoms with Crippen molar-refractivity contribution in [2.45, 2.75) is 0 Å². The Balaban J connectivity index is 2.49. The summed E-state index contributed by atoms with van der Waals surface area (Å²) in [4.78, 5) is 1.99. The lowest BCUT2D eigenvalue weighted by molar-refractivity contribution is 0.629. The molecule has 0 amide bonds. The third-order valence-corrected chi connectivity index (χ3v) is 2.48. The standard InChI is InChI=1S/C14H13FN/c1-16(2)12-7-5-6-11(10-12)13-8-3-4-9-14(13)15/h3-8,10H,1-2H3. The van der Waals surface area contributed by atoms with Crippen molar-refractivity contribution in [1.82, 2.24) is 0 Å². The highest BCUT2D eigenvalue weighted by atomic mass is 19.1. The van der Waals surface area contributed by atoms with Gasteiger partial charge >= 0.3 is 0 Å². The molecule has 2 aromatic carbocycles. The van der Waals surface area contributed by atoms with Crippen LogP contribution in [-0.2, 0) is 0 Å². The predicted octanol–water partition coefficient (Wildman–Crippen LogP) is 3.36. The number of nitrogens with zero attached hydrogens (tertiary/aromatic N) is 1. The number of benzene rings is 2. The molecule has 0 atom stereocenters. The number of anilines is 1. The van der Waals surface area contributed by atoms with Crippen molar-refractivity contribution in [1.29, 1.82) is 0 Å². The molecule has 0 spiro atoms. The van der Waals surface area contributed by atoms with E-state index in [4.69, 9.17) is 0 Å². The molecule has 0 fully saturated rings. The van der Waals surface area contributed by atoms with Crippen LogP contribution in [0, 0.1) is 11.9 Å². The quantitative estimate of drug-likeness (QED) is 0.741. The van der Waals surface area contributed by atoms with E-state index in [1.807, 2.05) is 43.3 Å². The van der Waals surface area contributed by atoms with E-state index in [0.29, 0.717) is 5.56 Å². The molecule has 16 heavy (non-hydrogen) atoms. The fourth-order valence-electron chi connectivity index (χ4n) is 1.59. The zero-order chi connectivity index (χ0) is 11.5. The lowest BCUT2D eigenvalue weighted by Crippen LogP contribution is -2.08. The van der Waals surface area contributed by atoms with Crippen LogP contribution in [0.5, 0.6) is 0 Å². The van der Waals surface area contributed by atoms with Crippen LogP contribution >= 0.6 is 0 Å². The highest BCUT2D eigenvalue weighted by molar-refractivity contribution is 5.68. The average Bonchev–Trinajstić information content (AvgIpc) is 2.30. The van der Waals surface area contributed by atoms with Crippen LogP contribution in [0.15, 0.2) is 42.5 Å². The number of halogens is 1. The second kappa shape index (κ2) is 4.35. The molecule has 2 rings (SSSR count). The van der Waals surface area contributed by atoms with Crippen LogP contribution in [-0.4, -0.2) is 14.1 Å². The maximum absolute atomic E-state index is 13.5. The maximum Gasteiger partial charge on any atom is 0.138 e. The maximum atomic E-state index is 13.5. The number of hydrogen-bond donors (Lipinski definition) is 0. The van der Waals surface area contributed by atoms with E-state index in [0.717, 1.165) is 11.3 Å². The Hall–Kier alpha value is -1.83. The van der Waals surface area contributed by atoms with Gasteiger partial charge in [-0.3, -0.25) is 0 Å². The largest absolute Gasteiger partial charge is 0.378 e. The first-order chi connectivity index (χ1) is 7.68. The second-order valence-electron chi connectivity index (χ2n) is 3.84. The molecule has 0 saturated carbocycles. The summed E-state index contributed by atoms with van der Waals surface area (Å²) >= 11 is 0. The third kappa shape index (κ3) is 2.06. The molecular formula is C14H13FN. The molecule has 0 N–H and O–H groups in total. The molecular weight excluding hydrogens is 201 g/mol. The minimum Gasteiger partial charge on any atom is -0.378 e. The van der Waals surface area contributed by atoms with Gasteiger partial charge in [-0.1, -0.05) is 30.3 Å². The van der Waals surface area contributed by atoms with Gasteiger partial charge in [0.15, 0.2) is 0 Å². The summed E-state index contributed by atoms with van der Waals surface area (Å²) in [5.41, 5.74) is 2.52. The van der Waals surface area contributed by atoms with Gasteiger partial charge in [-0.25, -0.2) is 4.39 Å². The lowest BCUT2D eigenvalue weighted by Gasteiger charge is -2.13. The first kappa shape index (κ1) is 10.7. The summed E-state index contributed by atoms with van der Waals surface area (Å²) in [7, 11) is 3.93. The van der Waals surface area contributed by atoms with Crippen molar-refractivity contribution in [2.75, 3.05) is 19.0 Å². The van der Waals surface area contributed by atoms with Crippen LogP contribution in [0.25, 0.3) is 11.1 Å². The SMILES string of the molecule is CN(C)c1cccc(-c2ccc[c]c2F)c1. The fraction of sp³-hybridized carbons (Fsp3) is 0.143. The zero-order valence-corrected chi connectivity index (χ0v) is 9.37. The van der Waals surface area contributed by atoms with E-state index in [1.54, 1.807) is 18.2 Å². The molecule has 0 aliphatic carbocycles. The summed E-state index contributed by atoms with van der Waals surface area (Å²) in [6.07, 6.45) is 0. The van der Waals surface area contributed by atoms with Crippen molar-refractivity contribution >= 4 is 5.69 Å². The molecule has 0 unspecified atom stereocenters. The summed E-state index contributed by atoms with van der Waals surface area (Å²) in [5, 5.41) is 0. The van der Waals surface area contributed by atoms with Gasteiger partial charge in [-0.15, -0.1) is 0 Å². The van der Waals surface area contributed by atoms with Crippen molar-refractivity contribution in [3.63, 3.8) is 0 Å². The topological polar surface area (TPSA) is 3.24 Å². The van der Waals surface area contributed by atoms with Crippen LogP contribution in [0.1, 0.15) is 0 Å². The number of hydrogen-bond acceptors (Lipinski definition) is 1. The van der Waals surface area contributed by atoms with Gasteiger partial charge < -0.3 is 4.90 Å². The van der Waals surface area contributed by atoms with Crippen molar-refractivity contribution < 1.29 is 4.39 Å². The van der Waals surface area contributed by atoms with Gasteiger partial charge in [-0.05, 0) is 17.7 Å². The zero-order valence-electron chi connectivity index (χ0n) is 9.37. The summed E-state index contributed by atoms with van der Waals surface area (Å²) in [5.74, 6) is -0.307. The second-order valence-corrected chi connectivity index (χ2v) is 3.84. The Labute approximate surface area is 95.1 Å². The van der Waals surface area contributed by atoms with E-state index < -0.39 is 0 Å². The molecule has 0 aliphatic rings. The summed E-state index contributed by atoms with van der Waals surface area (Å²) in [6.45, 7) is 0. The Morgan fingerprint density at radius 1 is 1.12 bits per heavy atom. The Kier molecular flexibility index (Phi) is 2.91. The highest BCUT2D eigenvalue weighted by Crippen LogP contribution is 2.25. The van der Waals surface area contributed by atoms with Gasteiger partial charge in [0.05, 0.1) is 0 Å². The Morgan fingerprint density at radius 3 is 2.62 bits per heavy atom. The van der Waals surface area contributed by atoms with Crippen LogP contribution < -0.4 is 4.90 Å². The number of rotatable bonds is 2. The monoisotopic (exact) mass is 214 g/mol. The van der Waals surface area contributed by atoms with Gasteiger partial charge in [0.1, 0.15) is 5.82 Å². The van der Waals surface area contributed by atoms with Crippen molar-refractivity contribution in [3.05, 3.63) is 54.3 Å². The molecule has 0 saturated heterocycles. The van der Waals surface area contributed by atoms with E-state index in [1.165, 1.54) is 0 Å². The molecule has 1 nitrogen and oxygen atoms in total. The van der Waals surface area contributed by atoms with Gasteiger partial charge in [-0.2, -0.15) is 0 Å².